The van der Waals surface area contributed by atoms with Crippen LogP contribution in [-0.2, 0) is 6.18 Å². The number of nitrogens with zero attached hydrogens (tertiary/aromatic N) is 5. The Kier molecular flexibility index (Phi) is 9.56. The fourth-order valence-corrected chi connectivity index (χ4v) is 7.69. The highest BCUT2D eigenvalue weighted by molar-refractivity contribution is 5.58. The lowest BCUT2D eigenvalue weighted by molar-refractivity contribution is -0.188. The van der Waals surface area contributed by atoms with E-state index in [-0.39, 0.29) is 36.1 Å². The van der Waals surface area contributed by atoms with Gasteiger partial charge in [-0.1, -0.05) is 31.9 Å². The predicted molar refractivity (Wildman–Crippen MR) is 168 cm³/mol. The number of hydrazine groups is 1. The van der Waals surface area contributed by atoms with E-state index >= 15 is 0 Å². The van der Waals surface area contributed by atoms with Gasteiger partial charge < -0.3 is 0 Å². The number of rotatable bonds is 9. The van der Waals surface area contributed by atoms with Gasteiger partial charge in [-0.3, -0.25) is 18.8 Å². The topological polar surface area (TPSA) is 48.2 Å². The summed E-state index contributed by atoms with van der Waals surface area (Å²) in [7, 11) is 2.09. The minimum absolute atomic E-state index is 0.00709. The molecule has 2 saturated heterocycles. The summed E-state index contributed by atoms with van der Waals surface area (Å²) in [5.41, 5.74) is 3.23. The van der Waals surface area contributed by atoms with E-state index in [1.807, 2.05) is 18.2 Å². The van der Waals surface area contributed by atoms with E-state index in [0.29, 0.717) is 24.6 Å². The number of likely N-dealkylation sites (N-methyl/N-ethyl adjacent to an activating group) is 1. The Morgan fingerprint density at radius 1 is 1.00 bits per heavy atom. The minimum Gasteiger partial charge on any atom is -0.296 e. The van der Waals surface area contributed by atoms with Crippen molar-refractivity contribution in [3.05, 3.63) is 69.9 Å². The van der Waals surface area contributed by atoms with Crippen LogP contribution in [0, 0.1) is 11.8 Å². The maximum absolute atomic E-state index is 14.5. The first-order chi connectivity index (χ1) is 22.3. The molecule has 2 aromatic heterocycles. The molecule has 0 spiro atoms. The molecule has 13 heteroatoms. The highest BCUT2D eigenvalue weighted by atomic mass is 19.4. The van der Waals surface area contributed by atoms with E-state index in [9.17, 15) is 31.1 Å². The fraction of sp³-hybridized carbons (Fsp3) is 0.618. The number of imidazole rings is 1. The van der Waals surface area contributed by atoms with Crippen molar-refractivity contribution in [3.8, 4) is 5.69 Å². The lowest BCUT2D eigenvalue weighted by Crippen LogP contribution is -2.47. The smallest absolute Gasteiger partial charge is 0.296 e. The molecule has 4 atom stereocenters. The summed E-state index contributed by atoms with van der Waals surface area (Å²) in [5.74, 6) is -0.960. The Balaban J connectivity index is 1.39. The zero-order valence-electron chi connectivity index (χ0n) is 27.1. The molecule has 3 aromatic rings. The molecule has 0 amide bonds. The molecule has 3 fully saturated rings. The molecule has 258 valence electrons. The Bertz CT molecular complexity index is 1610. The molecular formula is C34H44F6N6O. The average Bonchev–Trinajstić information content (AvgIpc) is 3.54. The molecule has 1 unspecified atom stereocenters. The number of halogens is 6. The molecule has 7 nitrogen and oxygen atoms in total. The third-order valence-corrected chi connectivity index (χ3v) is 10.6. The largest absolute Gasteiger partial charge is 0.418 e. The molecule has 1 aliphatic carbocycles. The minimum atomic E-state index is -4.78. The van der Waals surface area contributed by atoms with Gasteiger partial charge in [0.2, 0.25) is 0 Å². The molecule has 4 heterocycles. The van der Waals surface area contributed by atoms with E-state index in [0.717, 1.165) is 61.3 Å². The lowest BCUT2D eigenvalue weighted by Gasteiger charge is -2.42. The summed E-state index contributed by atoms with van der Waals surface area (Å²) in [6.45, 7) is 5.41. The van der Waals surface area contributed by atoms with Gasteiger partial charge in [-0.15, -0.1) is 0 Å². The van der Waals surface area contributed by atoms with Gasteiger partial charge in [0.25, 0.3) is 0 Å². The summed E-state index contributed by atoms with van der Waals surface area (Å²) in [4.78, 5) is 17.7. The summed E-state index contributed by atoms with van der Waals surface area (Å²) < 4.78 is 86.3. The first-order valence-electron chi connectivity index (χ1n) is 16.7. The number of benzene rings is 1. The molecule has 0 bridgehead atoms. The van der Waals surface area contributed by atoms with Crippen LogP contribution in [0.1, 0.15) is 87.4 Å². The van der Waals surface area contributed by atoms with Gasteiger partial charge >= 0.3 is 18.0 Å². The SMILES string of the molecule is CCCCN1NCN(C)C1[C@@H](c1cccc(-n2cc3c(C(F)(F)F)cc([C@H](C)N4CCC[C@@H](C(F)(F)F)C4)cn3c2=O)c1)C1CCC1. The third-order valence-electron chi connectivity index (χ3n) is 10.6. The quantitative estimate of drug-likeness (QED) is 0.246. The summed E-state index contributed by atoms with van der Waals surface area (Å²) in [6.07, 6.45) is -0.745. The second kappa shape index (κ2) is 13.2. The van der Waals surface area contributed by atoms with Gasteiger partial charge in [-0.25, -0.2) is 15.2 Å². The van der Waals surface area contributed by atoms with Crippen molar-refractivity contribution in [2.75, 3.05) is 33.4 Å². The second-order valence-electron chi connectivity index (χ2n) is 13.6. The number of alkyl halides is 6. The first-order valence-corrected chi connectivity index (χ1v) is 16.7. The first kappa shape index (κ1) is 34.0. The van der Waals surface area contributed by atoms with Gasteiger partial charge in [-0.2, -0.15) is 26.3 Å². The number of nitrogens with one attached hydrogen (secondary N) is 1. The second-order valence-corrected chi connectivity index (χ2v) is 13.6. The van der Waals surface area contributed by atoms with E-state index in [2.05, 4.69) is 29.3 Å². The van der Waals surface area contributed by atoms with Gasteiger partial charge in [0, 0.05) is 37.4 Å². The molecule has 2 aliphatic heterocycles. The monoisotopic (exact) mass is 666 g/mol. The van der Waals surface area contributed by atoms with Crippen LogP contribution < -0.4 is 11.1 Å². The highest BCUT2D eigenvalue weighted by Crippen LogP contribution is 2.44. The maximum Gasteiger partial charge on any atom is 0.418 e. The standard InChI is InChI=1S/C34H44F6N6O/c1-4-5-15-46-31(42(3)21-41-46)30(23-9-6-10-23)24-11-7-13-27(16-24)44-20-29-28(34(38,39)40)17-25(18-45(29)32(44)47)22(2)43-14-8-12-26(19-43)33(35,36)37/h7,11,13,16-18,20,22-23,26,30-31,41H,4-6,8-10,12,14-15,19,21H2,1-3H3/t22-,26+,30+,31?/m0/s1. The molecular weight excluding hydrogens is 622 g/mol. The van der Waals surface area contributed by atoms with Crippen molar-refractivity contribution in [1.29, 1.82) is 0 Å². The van der Waals surface area contributed by atoms with Crippen molar-refractivity contribution < 1.29 is 26.3 Å². The van der Waals surface area contributed by atoms with Crippen LogP contribution in [0.2, 0.25) is 0 Å². The third kappa shape index (κ3) is 6.73. The van der Waals surface area contributed by atoms with Crippen LogP contribution in [0.4, 0.5) is 26.3 Å². The van der Waals surface area contributed by atoms with Gasteiger partial charge in [0.15, 0.2) is 0 Å². The van der Waals surface area contributed by atoms with Crippen LogP contribution in [0.5, 0.6) is 0 Å². The van der Waals surface area contributed by atoms with Crippen molar-refractivity contribution in [2.24, 2.45) is 11.8 Å². The Labute approximate surface area is 271 Å². The van der Waals surface area contributed by atoms with E-state index in [4.69, 9.17) is 0 Å². The zero-order valence-corrected chi connectivity index (χ0v) is 27.1. The van der Waals surface area contributed by atoms with Crippen LogP contribution in [0.3, 0.4) is 0 Å². The molecule has 1 aromatic carbocycles. The van der Waals surface area contributed by atoms with Gasteiger partial charge in [0.05, 0.1) is 35.5 Å². The number of hydrogen-bond acceptors (Lipinski definition) is 5. The molecule has 6 rings (SSSR count). The summed E-state index contributed by atoms with van der Waals surface area (Å²) in [5, 5.41) is 2.30. The molecule has 1 N–H and O–H groups in total. The van der Waals surface area contributed by atoms with Crippen molar-refractivity contribution in [3.63, 3.8) is 0 Å². The number of aromatic nitrogens is 2. The molecule has 0 radical (unpaired) electrons. The van der Waals surface area contributed by atoms with E-state index in [1.54, 1.807) is 17.9 Å². The number of hydrogen-bond donors (Lipinski definition) is 1. The van der Waals surface area contributed by atoms with Gasteiger partial charge in [-0.05, 0) is 87.9 Å². The number of fused-ring (bicyclic) bond motifs is 1. The van der Waals surface area contributed by atoms with Gasteiger partial charge in [0.1, 0.15) is 0 Å². The highest BCUT2D eigenvalue weighted by Gasteiger charge is 2.44. The Morgan fingerprint density at radius 2 is 1.77 bits per heavy atom. The zero-order chi connectivity index (χ0) is 33.7. The van der Waals surface area contributed by atoms with E-state index in [1.165, 1.54) is 17.0 Å². The number of likely N-dealkylation sites (tertiary alicyclic amines) is 1. The molecule has 1 saturated carbocycles. The van der Waals surface area contributed by atoms with Crippen molar-refractivity contribution in [1.82, 2.24) is 29.2 Å². The maximum atomic E-state index is 14.5. The van der Waals surface area contributed by atoms with Crippen LogP contribution >= 0.6 is 0 Å². The Morgan fingerprint density at radius 3 is 2.43 bits per heavy atom. The van der Waals surface area contributed by atoms with E-state index < -0.39 is 35.6 Å². The number of pyridine rings is 1. The fourth-order valence-electron chi connectivity index (χ4n) is 7.69. The van der Waals surface area contributed by atoms with Crippen LogP contribution in [0.15, 0.2) is 47.5 Å². The van der Waals surface area contributed by atoms with Crippen LogP contribution in [-0.4, -0.2) is 69.5 Å². The summed E-state index contributed by atoms with van der Waals surface area (Å²) in [6, 6.07) is 7.80. The van der Waals surface area contributed by atoms with Crippen molar-refractivity contribution in [2.45, 2.75) is 89.3 Å². The predicted octanol–water partition coefficient (Wildman–Crippen LogP) is 7.16. The van der Waals surface area contributed by atoms with Crippen LogP contribution in [0.25, 0.3) is 11.2 Å². The molecule has 3 aliphatic rings. The lowest BCUT2D eigenvalue weighted by atomic mass is 9.71. The average molecular weight is 667 g/mol. The summed E-state index contributed by atoms with van der Waals surface area (Å²) >= 11 is 0. The number of unbranched alkanes of at least 4 members (excludes halogenated alkanes) is 1. The Hall–Kier alpha value is -2.87. The molecule has 47 heavy (non-hydrogen) atoms. The van der Waals surface area contributed by atoms with Crippen molar-refractivity contribution >= 4 is 5.52 Å². The normalized spacial score (nSPS) is 23.8. The number of piperidine rings is 1.